The maximum atomic E-state index is 13.4. The number of anilines is 1. The SMILES string of the molecule is Nc1ccnc(Oc2ccc(Br)cc2F)n1. The van der Waals surface area contributed by atoms with Crippen LogP contribution in [0.5, 0.6) is 11.8 Å². The second-order valence-corrected chi connectivity index (χ2v) is 3.86. The van der Waals surface area contributed by atoms with Crippen molar-refractivity contribution in [2.75, 3.05) is 5.73 Å². The van der Waals surface area contributed by atoms with Crippen LogP contribution in [-0.4, -0.2) is 9.97 Å². The van der Waals surface area contributed by atoms with Crippen molar-refractivity contribution in [3.05, 3.63) is 40.8 Å². The number of rotatable bonds is 2. The third kappa shape index (κ3) is 2.46. The van der Waals surface area contributed by atoms with Crippen LogP contribution in [0, 0.1) is 5.82 Å². The molecule has 0 saturated carbocycles. The van der Waals surface area contributed by atoms with Gasteiger partial charge in [0.05, 0.1) is 0 Å². The lowest BCUT2D eigenvalue weighted by Gasteiger charge is -2.04. The van der Waals surface area contributed by atoms with Crippen LogP contribution >= 0.6 is 15.9 Å². The van der Waals surface area contributed by atoms with Gasteiger partial charge in [-0.3, -0.25) is 0 Å². The number of nitrogens with two attached hydrogens (primary N) is 1. The van der Waals surface area contributed by atoms with Crippen LogP contribution in [0.3, 0.4) is 0 Å². The summed E-state index contributed by atoms with van der Waals surface area (Å²) >= 11 is 3.15. The summed E-state index contributed by atoms with van der Waals surface area (Å²) in [5.74, 6) is -0.184. The smallest absolute Gasteiger partial charge is 0.323 e. The molecule has 1 aromatic carbocycles. The van der Waals surface area contributed by atoms with Crippen LogP contribution in [0.15, 0.2) is 34.9 Å². The van der Waals surface area contributed by atoms with Gasteiger partial charge in [0.15, 0.2) is 11.6 Å². The predicted octanol–water partition coefficient (Wildman–Crippen LogP) is 2.75. The van der Waals surface area contributed by atoms with Crippen molar-refractivity contribution in [2.24, 2.45) is 0 Å². The molecule has 16 heavy (non-hydrogen) atoms. The molecule has 0 unspecified atom stereocenters. The largest absolute Gasteiger partial charge is 0.421 e. The van der Waals surface area contributed by atoms with Gasteiger partial charge in [-0.25, -0.2) is 9.37 Å². The second kappa shape index (κ2) is 4.44. The Morgan fingerprint density at radius 3 is 2.81 bits per heavy atom. The topological polar surface area (TPSA) is 61.0 Å². The predicted molar refractivity (Wildman–Crippen MR) is 60.6 cm³/mol. The Morgan fingerprint density at radius 1 is 1.31 bits per heavy atom. The fourth-order valence-electron chi connectivity index (χ4n) is 1.06. The highest BCUT2D eigenvalue weighted by Crippen LogP contribution is 2.24. The lowest BCUT2D eigenvalue weighted by molar-refractivity contribution is 0.411. The molecular formula is C10H7BrFN3O. The first-order valence-electron chi connectivity index (χ1n) is 4.36. The van der Waals surface area contributed by atoms with Crippen molar-refractivity contribution < 1.29 is 9.13 Å². The van der Waals surface area contributed by atoms with E-state index in [0.717, 1.165) is 0 Å². The van der Waals surface area contributed by atoms with E-state index in [2.05, 4.69) is 25.9 Å². The average Bonchev–Trinajstić information content (AvgIpc) is 2.22. The summed E-state index contributed by atoms with van der Waals surface area (Å²) in [7, 11) is 0. The molecule has 1 heterocycles. The Kier molecular flexibility index (Phi) is 3.00. The zero-order valence-corrected chi connectivity index (χ0v) is 9.61. The molecule has 2 N–H and O–H groups in total. The monoisotopic (exact) mass is 283 g/mol. The van der Waals surface area contributed by atoms with E-state index in [0.29, 0.717) is 4.47 Å². The maximum Gasteiger partial charge on any atom is 0.323 e. The number of halogens is 2. The molecule has 2 rings (SSSR count). The van der Waals surface area contributed by atoms with E-state index in [1.165, 1.54) is 24.4 Å². The van der Waals surface area contributed by atoms with E-state index in [1.807, 2.05) is 0 Å². The minimum absolute atomic E-state index is 0.0150. The molecule has 0 aliphatic rings. The van der Waals surface area contributed by atoms with Crippen molar-refractivity contribution in [2.45, 2.75) is 0 Å². The summed E-state index contributed by atoms with van der Waals surface area (Å²) < 4.78 is 19.2. The number of nitrogen functional groups attached to an aromatic ring is 1. The molecule has 1 aromatic heterocycles. The van der Waals surface area contributed by atoms with Crippen molar-refractivity contribution >= 4 is 21.7 Å². The molecule has 6 heteroatoms. The molecule has 0 spiro atoms. The third-order valence-corrected chi connectivity index (χ3v) is 2.24. The normalized spacial score (nSPS) is 10.1. The fraction of sp³-hybridized carbons (Fsp3) is 0. The summed E-state index contributed by atoms with van der Waals surface area (Å²) in [5, 5.41) is 0. The van der Waals surface area contributed by atoms with Crippen molar-refractivity contribution in [3.63, 3.8) is 0 Å². The minimum Gasteiger partial charge on any atom is -0.421 e. The quantitative estimate of drug-likeness (QED) is 0.921. The molecule has 0 amide bonds. The van der Waals surface area contributed by atoms with Gasteiger partial charge in [-0.05, 0) is 24.3 Å². The van der Waals surface area contributed by atoms with Crippen LogP contribution < -0.4 is 10.5 Å². The van der Waals surface area contributed by atoms with E-state index < -0.39 is 5.82 Å². The first kappa shape index (κ1) is 10.8. The molecule has 0 aliphatic carbocycles. The Morgan fingerprint density at radius 2 is 2.12 bits per heavy atom. The number of hydrogen-bond donors (Lipinski definition) is 1. The van der Waals surface area contributed by atoms with Gasteiger partial charge in [-0.2, -0.15) is 4.98 Å². The number of aromatic nitrogens is 2. The Labute approximate surface area is 99.4 Å². The summed E-state index contributed by atoms with van der Waals surface area (Å²) in [5.41, 5.74) is 5.44. The van der Waals surface area contributed by atoms with Crippen LogP contribution in [0.2, 0.25) is 0 Å². The Balaban J connectivity index is 2.27. The highest BCUT2D eigenvalue weighted by Gasteiger charge is 2.07. The number of ether oxygens (including phenoxy) is 1. The van der Waals surface area contributed by atoms with Crippen LogP contribution in [0.1, 0.15) is 0 Å². The van der Waals surface area contributed by atoms with Crippen molar-refractivity contribution in [1.29, 1.82) is 0 Å². The van der Waals surface area contributed by atoms with Gasteiger partial charge < -0.3 is 10.5 Å². The lowest BCUT2D eigenvalue weighted by Crippen LogP contribution is -1.96. The lowest BCUT2D eigenvalue weighted by atomic mass is 10.3. The van der Waals surface area contributed by atoms with E-state index in [1.54, 1.807) is 6.07 Å². The summed E-state index contributed by atoms with van der Waals surface area (Å²) in [6, 6.07) is 5.96. The number of nitrogens with zero attached hydrogens (tertiary/aromatic N) is 2. The molecule has 0 fully saturated rings. The first-order chi connectivity index (χ1) is 7.65. The van der Waals surface area contributed by atoms with Crippen molar-refractivity contribution in [1.82, 2.24) is 9.97 Å². The third-order valence-electron chi connectivity index (χ3n) is 1.75. The van der Waals surface area contributed by atoms with E-state index in [4.69, 9.17) is 10.5 Å². The van der Waals surface area contributed by atoms with E-state index in [-0.39, 0.29) is 17.6 Å². The summed E-state index contributed by atoms with van der Waals surface area (Å²) in [4.78, 5) is 7.60. The molecule has 82 valence electrons. The van der Waals surface area contributed by atoms with E-state index >= 15 is 0 Å². The fourth-order valence-corrected chi connectivity index (χ4v) is 1.39. The van der Waals surface area contributed by atoms with Gasteiger partial charge in [0, 0.05) is 10.7 Å². The molecule has 0 atom stereocenters. The van der Waals surface area contributed by atoms with Crippen molar-refractivity contribution in [3.8, 4) is 11.8 Å². The van der Waals surface area contributed by atoms with Gasteiger partial charge >= 0.3 is 6.01 Å². The second-order valence-electron chi connectivity index (χ2n) is 2.94. The zero-order valence-electron chi connectivity index (χ0n) is 8.02. The van der Waals surface area contributed by atoms with E-state index in [9.17, 15) is 4.39 Å². The van der Waals surface area contributed by atoms with Gasteiger partial charge in [-0.15, -0.1) is 0 Å². The zero-order chi connectivity index (χ0) is 11.5. The van der Waals surface area contributed by atoms with Gasteiger partial charge in [0.2, 0.25) is 0 Å². The highest BCUT2D eigenvalue weighted by atomic mass is 79.9. The van der Waals surface area contributed by atoms with Crippen LogP contribution in [-0.2, 0) is 0 Å². The summed E-state index contributed by atoms with van der Waals surface area (Å²) in [6.45, 7) is 0. The first-order valence-corrected chi connectivity index (χ1v) is 5.16. The summed E-state index contributed by atoms with van der Waals surface area (Å²) in [6.07, 6.45) is 1.44. The molecule has 0 radical (unpaired) electrons. The molecule has 0 aliphatic heterocycles. The van der Waals surface area contributed by atoms with Crippen LogP contribution in [0.25, 0.3) is 0 Å². The molecular weight excluding hydrogens is 277 g/mol. The molecule has 2 aromatic rings. The standard InChI is InChI=1S/C10H7BrFN3O/c11-6-1-2-8(7(12)5-6)16-10-14-4-3-9(13)15-10/h1-5H,(H2,13,14,15). The number of hydrogen-bond acceptors (Lipinski definition) is 4. The minimum atomic E-state index is -0.500. The molecule has 0 saturated heterocycles. The van der Waals surface area contributed by atoms with Gasteiger partial charge in [0.25, 0.3) is 0 Å². The molecule has 4 nitrogen and oxygen atoms in total. The Bertz CT molecular complexity index is 521. The van der Waals surface area contributed by atoms with Gasteiger partial charge in [-0.1, -0.05) is 15.9 Å². The average molecular weight is 284 g/mol. The van der Waals surface area contributed by atoms with Crippen LogP contribution in [0.4, 0.5) is 10.2 Å². The highest BCUT2D eigenvalue weighted by molar-refractivity contribution is 9.10. The number of benzene rings is 1. The van der Waals surface area contributed by atoms with Gasteiger partial charge in [0.1, 0.15) is 5.82 Å². The molecule has 0 bridgehead atoms. The Hall–Kier alpha value is -1.69. The maximum absolute atomic E-state index is 13.4.